The molecule has 0 aliphatic rings. The summed E-state index contributed by atoms with van der Waals surface area (Å²) in [6.07, 6.45) is 1.71. The number of pyridine rings is 1. The molecule has 1 aromatic heterocycles. The lowest BCUT2D eigenvalue weighted by Crippen LogP contribution is -2.19. The van der Waals surface area contributed by atoms with Crippen molar-refractivity contribution in [3.05, 3.63) is 22.8 Å². The Morgan fingerprint density at radius 1 is 1.69 bits per heavy atom. The zero-order valence-electron chi connectivity index (χ0n) is 7.08. The summed E-state index contributed by atoms with van der Waals surface area (Å²) in [6, 6.07) is 3.77. The van der Waals surface area contributed by atoms with Crippen LogP contribution >= 0.6 is 27.7 Å². The van der Waals surface area contributed by atoms with Gasteiger partial charge in [-0.3, -0.25) is 4.79 Å². The summed E-state index contributed by atoms with van der Waals surface area (Å²) < 4.78 is 0.941. The average Bonchev–Trinajstić information content (AvgIpc) is 2.16. The van der Waals surface area contributed by atoms with E-state index >= 15 is 0 Å². The molecule has 13 heavy (non-hydrogen) atoms. The fourth-order valence-corrected chi connectivity index (χ4v) is 1.61. The highest BCUT2D eigenvalue weighted by atomic mass is 79.9. The van der Waals surface area contributed by atoms with Crippen molar-refractivity contribution in [3.63, 3.8) is 0 Å². The van der Waals surface area contributed by atoms with E-state index in [1.807, 2.05) is 12.1 Å². The Balaban J connectivity index is 2.46. The Bertz CT molecular complexity index is 289. The first kappa shape index (κ1) is 10.5. The van der Waals surface area contributed by atoms with Gasteiger partial charge in [0.15, 0.2) is 0 Å². The zero-order valence-corrected chi connectivity index (χ0v) is 9.48. The van der Waals surface area contributed by atoms with Crippen molar-refractivity contribution in [1.82, 2.24) is 10.3 Å². The largest absolute Gasteiger partial charge is 0.358 e. The molecule has 0 saturated heterocycles. The van der Waals surface area contributed by atoms with Crippen LogP contribution in [0.1, 0.15) is 0 Å². The molecule has 3 nitrogen and oxygen atoms in total. The van der Waals surface area contributed by atoms with Gasteiger partial charge in [-0.2, -0.15) is 0 Å². The highest BCUT2D eigenvalue weighted by Crippen LogP contribution is 2.16. The van der Waals surface area contributed by atoms with Crippen LogP contribution in [-0.4, -0.2) is 23.7 Å². The minimum atomic E-state index is 0.00900. The number of carbonyl (C=O) groups excluding carboxylic acids is 1. The molecule has 0 aliphatic heterocycles. The number of carbonyl (C=O) groups is 1. The molecule has 0 spiro atoms. The highest BCUT2D eigenvalue weighted by Gasteiger charge is 2.00. The van der Waals surface area contributed by atoms with Crippen LogP contribution in [0.5, 0.6) is 0 Å². The van der Waals surface area contributed by atoms with E-state index in [0.717, 1.165) is 9.50 Å². The van der Waals surface area contributed by atoms with Gasteiger partial charge in [-0.15, -0.1) is 0 Å². The van der Waals surface area contributed by atoms with Crippen molar-refractivity contribution in [2.24, 2.45) is 0 Å². The molecule has 0 aliphatic carbocycles. The van der Waals surface area contributed by atoms with E-state index in [2.05, 4.69) is 26.2 Å². The molecule has 0 unspecified atom stereocenters. The van der Waals surface area contributed by atoms with Gasteiger partial charge in [0.2, 0.25) is 5.91 Å². The lowest BCUT2D eigenvalue weighted by Gasteiger charge is -1.99. The van der Waals surface area contributed by atoms with E-state index in [0.29, 0.717) is 5.75 Å². The number of thioether (sulfide) groups is 1. The Hall–Kier alpha value is -0.550. The monoisotopic (exact) mass is 260 g/mol. The number of halogens is 1. The molecule has 1 heterocycles. The quantitative estimate of drug-likeness (QED) is 0.842. The van der Waals surface area contributed by atoms with Crippen molar-refractivity contribution < 1.29 is 4.79 Å². The van der Waals surface area contributed by atoms with E-state index in [1.54, 1.807) is 13.2 Å². The number of nitrogens with zero attached hydrogens (tertiary/aromatic N) is 1. The van der Waals surface area contributed by atoms with Gasteiger partial charge in [-0.05, 0) is 28.1 Å². The average molecular weight is 261 g/mol. The van der Waals surface area contributed by atoms with Crippen LogP contribution in [0.3, 0.4) is 0 Å². The van der Waals surface area contributed by atoms with Crippen LogP contribution in [0.2, 0.25) is 0 Å². The van der Waals surface area contributed by atoms with Crippen molar-refractivity contribution >= 4 is 33.6 Å². The summed E-state index contributed by atoms with van der Waals surface area (Å²) in [6.45, 7) is 0. The molecule has 1 aromatic rings. The normalized spacial score (nSPS) is 9.69. The van der Waals surface area contributed by atoms with Gasteiger partial charge in [-0.1, -0.05) is 11.8 Å². The second-order valence-electron chi connectivity index (χ2n) is 2.28. The third-order valence-corrected chi connectivity index (χ3v) is 2.74. The summed E-state index contributed by atoms with van der Waals surface area (Å²) in [5.74, 6) is 0.417. The van der Waals surface area contributed by atoms with E-state index in [9.17, 15) is 4.79 Å². The summed E-state index contributed by atoms with van der Waals surface area (Å²) in [5.41, 5.74) is 0. The van der Waals surface area contributed by atoms with E-state index in [-0.39, 0.29) is 5.91 Å². The molecule has 0 radical (unpaired) electrons. The minimum Gasteiger partial charge on any atom is -0.358 e. The SMILES string of the molecule is CNC(=O)CSc1ccc(Br)cn1. The third-order valence-electron chi connectivity index (χ3n) is 1.33. The molecule has 5 heteroatoms. The molecule has 1 amide bonds. The highest BCUT2D eigenvalue weighted by molar-refractivity contribution is 9.10. The van der Waals surface area contributed by atoms with Crippen LogP contribution in [0, 0.1) is 0 Å². The number of rotatable bonds is 3. The van der Waals surface area contributed by atoms with Crippen LogP contribution in [0.4, 0.5) is 0 Å². The Kier molecular flexibility index (Phi) is 4.24. The standard InChI is InChI=1S/C8H9BrN2OS/c1-10-7(12)5-13-8-3-2-6(9)4-11-8/h2-4H,5H2,1H3,(H,10,12). The number of hydrogen-bond acceptors (Lipinski definition) is 3. The minimum absolute atomic E-state index is 0.00900. The molecule has 1 N–H and O–H groups in total. The second kappa shape index (κ2) is 5.24. The molecule has 70 valence electrons. The molecule has 0 saturated carbocycles. The molecular weight excluding hydrogens is 252 g/mol. The second-order valence-corrected chi connectivity index (χ2v) is 4.19. The van der Waals surface area contributed by atoms with Gasteiger partial charge in [0, 0.05) is 17.7 Å². The van der Waals surface area contributed by atoms with Gasteiger partial charge in [0.05, 0.1) is 10.8 Å². The maximum absolute atomic E-state index is 10.9. The topological polar surface area (TPSA) is 42.0 Å². The van der Waals surface area contributed by atoms with Crippen molar-refractivity contribution in [3.8, 4) is 0 Å². The lowest BCUT2D eigenvalue weighted by atomic mass is 10.5. The molecule has 0 fully saturated rings. The van der Waals surface area contributed by atoms with Gasteiger partial charge in [0.25, 0.3) is 0 Å². The van der Waals surface area contributed by atoms with Gasteiger partial charge >= 0.3 is 0 Å². The Morgan fingerprint density at radius 2 is 2.46 bits per heavy atom. The predicted octanol–water partition coefficient (Wildman–Crippen LogP) is 1.68. The Labute approximate surface area is 89.4 Å². The predicted molar refractivity (Wildman–Crippen MR) is 56.7 cm³/mol. The summed E-state index contributed by atoms with van der Waals surface area (Å²) >= 11 is 4.71. The number of hydrogen-bond donors (Lipinski definition) is 1. The van der Waals surface area contributed by atoms with Gasteiger partial charge in [0.1, 0.15) is 0 Å². The number of amides is 1. The van der Waals surface area contributed by atoms with Crippen molar-refractivity contribution in [1.29, 1.82) is 0 Å². The first-order chi connectivity index (χ1) is 6.22. The maximum Gasteiger partial charge on any atom is 0.230 e. The van der Waals surface area contributed by atoms with E-state index in [1.165, 1.54) is 11.8 Å². The maximum atomic E-state index is 10.9. The summed E-state index contributed by atoms with van der Waals surface area (Å²) in [5, 5.41) is 3.40. The molecule has 0 atom stereocenters. The first-order valence-electron chi connectivity index (χ1n) is 3.67. The van der Waals surface area contributed by atoms with Gasteiger partial charge < -0.3 is 5.32 Å². The molecular formula is C8H9BrN2OS. The van der Waals surface area contributed by atoms with Crippen molar-refractivity contribution in [2.45, 2.75) is 5.03 Å². The van der Waals surface area contributed by atoms with Crippen LogP contribution in [0.15, 0.2) is 27.8 Å². The van der Waals surface area contributed by atoms with Crippen LogP contribution in [0.25, 0.3) is 0 Å². The fourth-order valence-electron chi connectivity index (χ4n) is 0.659. The molecule has 0 aromatic carbocycles. The number of aromatic nitrogens is 1. The van der Waals surface area contributed by atoms with E-state index in [4.69, 9.17) is 0 Å². The fraction of sp³-hybridized carbons (Fsp3) is 0.250. The Morgan fingerprint density at radius 3 is 3.00 bits per heavy atom. The summed E-state index contributed by atoms with van der Waals surface area (Å²) in [7, 11) is 1.62. The number of nitrogens with one attached hydrogen (secondary N) is 1. The lowest BCUT2D eigenvalue weighted by molar-refractivity contribution is -0.118. The van der Waals surface area contributed by atoms with Crippen LogP contribution < -0.4 is 5.32 Å². The first-order valence-corrected chi connectivity index (χ1v) is 5.45. The summed E-state index contributed by atoms with van der Waals surface area (Å²) in [4.78, 5) is 15.0. The van der Waals surface area contributed by atoms with Crippen LogP contribution in [-0.2, 0) is 4.79 Å². The molecule has 1 rings (SSSR count). The third kappa shape index (κ3) is 3.78. The molecule has 0 bridgehead atoms. The van der Waals surface area contributed by atoms with E-state index < -0.39 is 0 Å². The van der Waals surface area contributed by atoms with Crippen molar-refractivity contribution in [2.75, 3.05) is 12.8 Å². The van der Waals surface area contributed by atoms with Gasteiger partial charge in [-0.25, -0.2) is 4.98 Å². The smallest absolute Gasteiger partial charge is 0.230 e. The zero-order chi connectivity index (χ0) is 9.68.